The van der Waals surface area contributed by atoms with E-state index in [1.165, 1.54) is 6.92 Å². The molecule has 2 amide bonds. The summed E-state index contributed by atoms with van der Waals surface area (Å²) >= 11 is 5.90. The fraction of sp³-hybridized carbons (Fsp3) is 0.176. The molecule has 0 aromatic heterocycles. The molecule has 2 aromatic rings. The normalized spacial score (nSPS) is 20.3. The zero-order valence-corrected chi connectivity index (χ0v) is 13.8. The Morgan fingerprint density at radius 2 is 1.92 bits per heavy atom. The predicted molar refractivity (Wildman–Crippen MR) is 90.3 cm³/mol. The first-order valence-electron chi connectivity index (χ1n) is 7.47. The van der Waals surface area contributed by atoms with Gasteiger partial charge in [0.1, 0.15) is 5.75 Å². The molecule has 0 aliphatic carbocycles. The second kappa shape index (κ2) is 5.56. The highest BCUT2D eigenvalue weighted by molar-refractivity contribution is 6.31. The van der Waals surface area contributed by atoms with Gasteiger partial charge in [-0.2, -0.15) is 0 Å². The molecule has 25 heavy (non-hydrogen) atoms. The maximum absolute atomic E-state index is 12.7. The van der Waals surface area contributed by atoms with Gasteiger partial charge in [0, 0.05) is 16.8 Å². The first-order valence-corrected chi connectivity index (χ1v) is 7.85. The fourth-order valence-corrected chi connectivity index (χ4v) is 2.74. The lowest BCUT2D eigenvalue weighted by atomic mass is 10.0. The Kier molecular flexibility index (Phi) is 3.47. The van der Waals surface area contributed by atoms with Crippen LogP contribution in [-0.4, -0.2) is 24.2 Å². The van der Waals surface area contributed by atoms with Gasteiger partial charge < -0.3 is 24.8 Å². The van der Waals surface area contributed by atoms with Gasteiger partial charge in [-0.3, -0.25) is 9.59 Å². The van der Waals surface area contributed by atoms with E-state index >= 15 is 0 Å². The van der Waals surface area contributed by atoms with Crippen molar-refractivity contribution in [3.63, 3.8) is 0 Å². The monoisotopic (exact) mass is 360 g/mol. The molecule has 0 bridgehead atoms. The van der Waals surface area contributed by atoms with Crippen molar-refractivity contribution in [2.75, 3.05) is 17.4 Å². The number of halogens is 1. The zero-order chi connectivity index (χ0) is 17.6. The topological polar surface area (TPSA) is 85.9 Å². The van der Waals surface area contributed by atoms with Crippen molar-refractivity contribution in [3.05, 3.63) is 41.4 Å². The van der Waals surface area contributed by atoms with Crippen LogP contribution < -0.4 is 24.8 Å². The lowest BCUT2D eigenvalue weighted by Gasteiger charge is -2.33. The first-order chi connectivity index (χ1) is 12.0. The number of ether oxygens (including phenoxy) is 3. The number of benzene rings is 2. The van der Waals surface area contributed by atoms with Gasteiger partial charge in [0.25, 0.3) is 17.4 Å². The van der Waals surface area contributed by atoms with Crippen LogP contribution in [-0.2, 0) is 9.59 Å². The lowest BCUT2D eigenvalue weighted by molar-refractivity contribution is -0.143. The van der Waals surface area contributed by atoms with Crippen LogP contribution in [0, 0.1) is 0 Å². The van der Waals surface area contributed by atoms with Gasteiger partial charge in [0.2, 0.25) is 6.79 Å². The number of rotatable bonds is 2. The Balaban J connectivity index is 1.58. The molecule has 0 fully saturated rings. The summed E-state index contributed by atoms with van der Waals surface area (Å²) in [5.41, 5.74) is -0.836. The predicted octanol–water partition coefficient (Wildman–Crippen LogP) is 2.80. The van der Waals surface area contributed by atoms with Crippen molar-refractivity contribution in [3.8, 4) is 17.2 Å². The van der Waals surface area contributed by atoms with Crippen LogP contribution in [0.5, 0.6) is 17.2 Å². The summed E-state index contributed by atoms with van der Waals surface area (Å²) in [6.45, 7) is 1.54. The van der Waals surface area contributed by atoms with Crippen molar-refractivity contribution in [2.45, 2.75) is 12.5 Å². The average molecular weight is 361 g/mol. The quantitative estimate of drug-likeness (QED) is 0.804. The number of nitrogens with one attached hydrogen (secondary N) is 2. The Hall–Kier alpha value is -2.93. The molecule has 1 atom stereocenters. The van der Waals surface area contributed by atoms with E-state index in [2.05, 4.69) is 10.6 Å². The van der Waals surface area contributed by atoms with Crippen molar-refractivity contribution in [1.82, 2.24) is 0 Å². The summed E-state index contributed by atoms with van der Waals surface area (Å²) in [5, 5.41) is 5.77. The third kappa shape index (κ3) is 2.62. The molecular formula is C17H13ClN2O5. The molecule has 0 radical (unpaired) electrons. The van der Waals surface area contributed by atoms with Crippen LogP contribution in [0.3, 0.4) is 0 Å². The highest BCUT2D eigenvalue weighted by Gasteiger charge is 2.47. The number of carbonyl (C=O) groups is 2. The van der Waals surface area contributed by atoms with E-state index < -0.39 is 17.4 Å². The number of carbonyl (C=O) groups excluding carboxylic acids is 2. The van der Waals surface area contributed by atoms with E-state index in [1.807, 2.05) is 0 Å². The van der Waals surface area contributed by atoms with Crippen molar-refractivity contribution < 1.29 is 23.8 Å². The molecule has 7 nitrogen and oxygen atoms in total. The molecule has 0 saturated heterocycles. The summed E-state index contributed by atoms with van der Waals surface area (Å²) in [7, 11) is 0. The average Bonchev–Trinajstić information content (AvgIpc) is 3.04. The molecule has 2 aliphatic rings. The van der Waals surface area contributed by atoms with E-state index in [0.717, 1.165) is 0 Å². The highest BCUT2D eigenvalue weighted by atomic mass is 35.5. The third-order valence-electron chi connectivity index (χ3n) is 4.00. The number of amides is 2. The van der Waals surface area contributed by atoms with Crippen LogP contribution in [0.1, 0.15) is 6.92 Å². The van der Waals surface area contributed by atoms with Crippen LogP contribution in [0.2, 0.25) is 5.02 Å². The number of anilines is 2. The molecule has 2 N–H and O–H groups in total. The van der Waals surface area contributed by atoms with Gasteiger partial charge in [-0.15, -0.1) is 0 Å². The van der Waals surface area contributed by atoms with Crippen LogP contribution in [0.15, 0.2) is 36.4 Å². The molecule has 128 valence electrons. The van der Waals surface area contributed by atoms with Gasteiger partial charge >= 0.3 is 0 Å². The summed E-state index contributed by atoms with van der Waals surface area (Å²) < 4.78 is 16.2. The lowest BCUT2D eigenvalue weighted by Crippen LogP contribution is -2.56. The van der Waals surface area contributed by atoms with Gasteiger partial charge in [0.15, 0.2) is 11.5 Å². The molecule has 2 aromatic carbocycles. The van der Waals surface area contributed by atoms with E-state index in [0.29, 0.717) is 33.6 Å². The fourth-order valence-electron chi connectivity index (χ4n) is 2.57. The molecule has 4 rings (SSSR count). The maximum Gasteiger partial charge on any atom is 0.278 e. The van der Waals surface area contributed by atoms with Crippen LogP contribution in [0.25, 0.3) is 0 Å². The van der Waals surface area contributed by atoms with Gasteiger partial charge in [-0.25, -0.2) is 0 Å². The zero-order valence-electron chi connectivity index (χ0n) is 13.1. The Morgan fingerprint density at radius 3 is 2.76 bits per heavy atom. The Bertz CT molecular complexity index is 901. The number of hydrogen-bond donors (Lipinski definition) is 2. The summed E-state index contributed by atoms with van der Waals surface area (Å²) in [6.07, 6.45) is 0. The molecule has 2 heterocycles. The van der Waals surface area contributed by atoms with Gasteiger partial charge in [-0.1, -0.05) is 11.6 Å². The summed E-state index contributed by atoms with van der Waals surface area (Å²) in [6, 6.07) is 9.74. The maximum atomic E-state index is 12.7. The molecular weight excluding hydrogens is 348 g/mol. The van der Waals surface area contributed by atoms with Crippen molar-refractivity contribution >= 4 is 34.8 Å². The highest BCUT2D eigenvalue weighted by Crippen LogP contribution is 2.37. The SMILES string of the molecule is CC1(C(=O)Nc2ccc3c(c2)OCO3)Oc2ccc(Cl)cc2NC1=O. The van der Waals surface area contributed by atoms with E-state index in [9.17, 15) is 9.59 Å². The Morgan fingerprint density at radius 1 is 1.16 bits per heavy atom. The van der Waals surface area contributed by atoms with Crippen LogP contribution in [0.4, 0.5) is 11.4 Å². The molecule has 2 aliphatic heterocycles. The smallest absolute Gasteiger partial charge is 0.278 e. The van der Waals surface area contributed by atoms with Crippen LogP contribution >= 0.6 is 11.6 Å². The summed E-state index contributed by atoms with van der Waals surface area (Å²) in [5.74, 6) is 0.302. The molecule has 0 saturated carbocycles. The van der Waals surface area contributed by atoms with E-state index in [4.69, 9.17) is 25.8 Å². The Labute approximate surface area is 147 Å². The van der Waals surface area contributed by atoms with Gasteiger partial charge in [0.05, 0.1) is 5.69 Å². The third-order valence-corrected chi connectivity index (χ3v) is 4.24. The van der Waals surface area contributed by atoms with E-state index in [-0.39, 0.29) is 6.79 Å². The minimum atomic E-state index is -1.72. The standard InChI is InChI=1S/C17H13ClN2O5/c1-17(16(22)20-11-6-9(18)2-4-12(11)25-17)15(21)19-10-3-5-13-14(7-10)24-8-23-13/h2-7H,8H2,1H3,(H,19,21)(H,20,22). The minimum Gasteiger partial charge on any atom is -0.466 e. The van der Waals surface area contributed by atoms with Crippen molar-refractivity contribution in [1.29, 1.82) is 0 Å². The van der Waals surface area contributed by atoms with E-state index in [1.54, 1.807) is 36.4 Å². The minimum absolute atomic E-state index is 0.134. The molecule has 8 heteroatoms. The van der Waals surface area contributed by atoms with Crippen molar-refractivity contribution in [2.24, 2.45) is 0 Å². The number of hydrogen-bond acceptors (Lipinski definition) is 5. The number of fused-ring (bicyclic) bond motifs is 2. The largest absolute Gasteiger partial charge is 0.466 e. The first kappa shape index (κ1) is 15.6. The molecule has 0 spiro atoms. The summed E-state index contributed by atoms with van der Waals surface area (Å²) in [4.78, 5) is 25.1. The van der Waals surface area contributed by atoms with Gasteiger partial charge in [-0.05, 0) is 37.3 Å². The second-order valence-electron chi connectivity index (χ2n) is 5.75. The molecule has 1 unspecified atom stereocenters. The second-order valence-corrected chi connectivity index (χ2v) is 6.19.